The lowest BCUT2D eigenvalue weighted by Gasteiger charge is -2.08. The van der Waals surface area contributed by atoms with Crippen LogP contribution >= 0.6 is 11.6 Å². The number of hydrogen-bond donors (Lipinski definition) is 1. The smallest absolute Gasteiger partial charge is 0.249 e. The highest BCUT2D eigenvalue weighted by Crippen LogP contribution is 2.29. The van der Waals surface area contributed by atoms with Gasteiger partial charge in [0.2, 0.25) is 17.7 Å². The summed E-state index contributed by atoms with van der Waals surface area (Å²) in [7, 11) is 0. The SMILES string of the molecule is Cc1nnc(-c2cn(CC(=O)NCc3ccccc3Cl)c3ccccc23)o1. The molecular weight excluding hydrogens is 364 g/mol. The van der Waals surface area contributed by atoms with Gasteiger partial charge in [0.15, 0.2) is 0 Å². The van der Waals surface area contributed by atoms with Gasteiger partial charge >= 0.3 is 0 Å². The normalized spacial score (nSPS) is 11.0. The molecule has 0 atom stereocenters. The fourth-order valence-electron chi connectivity index (χ4n) is 3.00. The van der Waals surface area contributed by atoms with Crippen molar-refractivity contribution in [2.24, 2.45) is 0 Å². The Bertz CT molecular complexity index is 1120. The summed E-state index contributed by atoms with van der Waals surface area (Å²) in [4.78, 5) is 12.5. The Morgan fingerprint density at radius 1 is 1.15 bits per heavy atom. The van der Waals surface area contributed by atoms with Gasteiger partial charge in [0.1, 0.15) is 6.54 Å². The molecule has 0 aliphatic heterocycles. The van der Waals surface area contributed by atoms with Gasteiger partial charge in [-0.1, -0.05) is 48.0 Å². The zero-order chi connectivity index (χ0) is 18.8. The largest absolute Gasteiger partial charge is 0.421 e. The summed E-state index contributed by atoms with van der Waals surface area (Å²) in [5.41, 5.74) is 2.62. The van der Waals surface area contributed by atoms with Crippen LogP contribution in [0.5, 0.6) is 0 Å². The van der Waals surface area contributed by atoms with Gasteiger partial charge in [-0.15, -0.1) is 10.2 Å². The Hall–Kier alpha value is -3.12. The highest BCUT2D eigenvalue weighted by Gasteiger charge is 2.16. The van der Waals surface area contributed by atoms with E-state index in [9.17, 15) is 4.79 Å². The van der Waals surface area contributed by atoms with Crippen LogP contribution in [-0.4, -0.2) is 20.7 Å². The molecule has 7 heteroatoms. The minimum absolute atomic E-state index is 0.107. The second-order valence-electron chi connectivity index (χ2n) is 6.18. The molecule has 2 aromatic carbocycles. The number of benzene rings is 2. The van der Waals surface area contributed by atoms with Crippen LogP contribution in [0, 0.1) is 6.92 Å². The van der Waals surface area contributed by atoms with E-state index in [4.69, 9.17) is 16.0 Å². The van der Waals surface area contributed by atoms with Crippen molar-refractivity contribution in [1.82, 2.24) is 20.1 Å². The Labute approximate surface area is 160 Å². The average molecular weight is 381 g/mol. The van der Waals surface area contributed by atoms with Gasteiger partial charge in [0.05, 0.1) is 5.56 Å². The summed E-state index contributed by atoms with van der Waals surface area (Å²) in [5, 5.41) is 12.5. The molecular formula is C20H17ClN4O2. The molecule has 4 aromatic rings. The van der Waals surface area contributed by atoms with Crippen LogP contribution in [-0.2, 0) is 17.9 Å². The summed E-state index contributed by atoms with van der Waals surface area (Å²) in [6.45, 7) is 2.31. The summed E-state index contributed by atoms with van der Waals surface area (Å²) < 4.78 is 7.44. The number of carbonyl (C=O) groups is 1. The van der Waals surface area contributed by atoms with Crippen molar-refractivity contribution in [1.29, 1.82) is 0 Å². The van der Waals surface area contributed by atoms with Gasteiger partial charge in [-0.05, 0) is 17.7 Å². The van der Waals surface area contributed by atoms with Crippen molar-refractivity contribution in [3.8, 4) is 11.5 Å². The maximum atomic E-state index is 12.5. The third kappa shape index (κ3) is 3.57. The number of aryl methyl sites for hydroxylation is 1. The van der Waals surface area contributed by atoms with Crippen LogP contribution in [0.25, 0.3) is 22.4 Å². The molecule has 0 saturated heterocycles. The molecule has 0 spiro atoms. The van der Waals surface area contributed by atoms with Gasteiger partial charge in [0, 0.05) is 35.6 Å². The first kappa shape index (κ1) is 17.3. The number of nitrogens with zero attached hydrogens (tertiary/aromatic N) is 3. The second kappa shape index (κ2) is 7.25. The van der Waals surface area contributed by atoms with Crippen LogP contribution in [0.2, 0.25) is 5.02 Å². The van der Waals surface area contributed by atoms with E-state index in [1.165, 1.54) is 0 Å². The quantitative estimate of drug-likeness (QED) is 0.568. The standard InChI is InChI=1S/C20H17ClN4O2/c1-13-23-24-20(27-13)16-11-25(18-9-5-3-7-15(16)18)12-19(26)22-10-14-6-2-4-8-17(14)21/h2-9,11H,10,12H2,1H3,(H,22,26). The molecule has 1 N–H and O–H groups in total. The summed E-state index contributed by atoms with van der Waals surface area (Å²) in [6, 6.07) is 15.3. The molecule has 136 valence electrons. The first-order valence-electron chi connectivity index (χ1n) is 8.50. The molecule has 0 fully saturated rings. The first-order chi connectivity index (χ1) is 13.1. The predicted molar refractivity (Wildman–Crippen MR) is 103 cm³/mol. The van der Waals surface area contributed by atoms with Crippen molar-refractivity contribution >= 4 is 28.4 Å². The van der Waals surface area contributed by atoms with Crippen LogP contribution < -0.4 is 5.32 Å². The van der Waals surface area contributed by atoms with Crippen molar-refractivity contribution in [2.45, 2.75) is 20.0 Å². The number of para-hydroxylation sites is 1. The van der Waals surface area contributed by atoms with Crippen molar-refractivity contribution < 1.29 is 9.21 Å². The van der Waals surface area contributed by atoms with Crippen LogP contribution in [0.1, 0.15) is 11.5 Å². The maximum Gasteiger partial charge on any atom is 0.249 e. The van der Waals surface area contributed by atoms with Crippen LogP contribution in [0.4, 0.5) is 0 Å². The molecule has 2 heterocycles. The zero-order valence-electron chi connectivity index (χ0n) is 14.6. The molecule has 0 saturated carbocycles. The van der Waals surface area contributed by atoms with E-state index in [0.29, 0.717) is 23.3 Å². The summed E-state index contributed by atoms with van der Waals surface area (Å²) in [5.74, 6) is 0.835. The molecule has 2 aromatic heterocycles. The number of hydrogen-bond acceptors (Lipinski definition) is 4. The number of aromatic nitrogens is 3. The van der Waals surface area contributed by atoms with E-state index in [1.54, 1.807) is 13.0 Å². The molecule has 4 rings (SSSR count). The molecule has 0 bridgehead atoms. The number of halogens is 1. The lowest BCUT2D eigenvalue weighted by atomic mass is 10.2. The van der Waals surface area contributed by atoms with E-state index in [-0.39, 0.29) is 12.5 Å². The summed E-state index contributed by atoms with van der Waals surface area (Å²) >= 11 is 6.14. The van der Waals surface area contributed by atoms with E-state index in [1.807, 2.05) is 53.2 Å². The molecule has 27 heavy (non-hydrogen) atoms. The fourth-order valence-corrected chi connectivity index (χ4v) is 3.20. The van der Waals surface area contributed by atoms with E-state index < -0.39 is 0 Å². The molecule has 0 unspecified atom stereocenters. The van der Waals surface area contributed by atoms with Crippen molar-refractivity contribution in [2.75, 3.05) is 0 Å². The molecule has 0 aliphatic carbocycles. The van der Waals surface area contributed by atoms with Crippen molar-refractivity contribution in [3.05, 3.63) is 71.2 Å². The minimum Gasteiger partial charge on any atom is -0.421 e. The Morgan fingerprint density at radius 2 is 1.93 bits per heavy atom. The van der Waals surface area contributed by atoms with Gasteiger partial charge in [-0.2, -0.15) is 0 Å². The Balaban J connectivity index is 1.57. The lowest BCUT2D eigenvalue weighted by molar-refractivity contribution is -0.121. The third-order valence-electron chi connectivity index (χ3n) is 4.29. The van der Waals surface area contributed by atoms with Gasteiger partial charge < -0.3 is 14.3 Å². The number of fused-ring (bicyclic) bond motifs is 1. The van der Waals surface area contributed by atoms with E-state index in [0.717, 1.165) is 22.0 Å². The van der Waals surface area contributed by atoms with Gasteiger partial charge in [-0.25, -0.2) is 0 Å². The highest BCUT2D eigenvalue weighted by atomic mass is 35.5. The number of nitrogens with one attached hydrogen (secondary N) is 1. The Kier molecular flexibility index (Phi) is 4.64. The van der Waals surface area contributed by atoms with E-state index >= 15 is 0 Å². The maximum absolute atomic E-state index is 12.5. The van der Waals surface area contributed by atoms with Crippen molar-refractivity contribution in [3.63, 3.8) is 0 Å². The zero-order valence-corrected chi connectivity index (χ0v) is 15.4. The number of amides is 1. The van der Waals surface area contributed by atoms with Gasteiger partial charge in [-0.3, -0.25) is 4.79 Å². The number of carbonyl (C=O) groups excluding carboxylic acids is 1. The second-order valence-corrected chi connectivity index (χ2v) is 6.59. The van der Waals surface area contributed by atoms with Crippen LogP contribution in [0.3, 0.4) is 0 Å². The number of rotatable bonds is 5. The highest BCUT2D eigenvalue weighted by molar-refractivity contribution is 6.31. The van der Waals surface area contributed by atoms with Crippen LogP contribution in [0.15, 0.2) is 59.1 Å². The minimum atomic E-state index is -0.107. The average Bonchev–Trinajstić information content (AvgIpc) is 3.25. The Morgan fingerprint density at radius 3 is 2.70 bits per heavy atom. The van der Waals surface area contributed by atoms with E-state index in [2.05, 4.69) is 15.5 Å². The summed E-state index contributed by atoms with van der Waals surface area (Å²) in [6.07, 6.45) is 1.87. The molecule has 0 aliphatic rings. The topological polar surface area (TPSA) is 73.0 Å². The fraction of sp³-hybridized carbons (Fsp3) is 0.150. The third-order valence-corrected chi connectivity index (χ3v) is 4.66. The molecule has 1 amide bonds. The van der Waals surface area contributed by atoms with Gasteiger partial charge in [0.25, 0.3) is 0 Å². The first-order valence-corrected chi connectivity index (χ1v) is 8.88. The predicted octanol–water partition coefficient (Wildman–Crippen LogP) is 3.97. The molecule has 6 nitrogen and oxygen atoms in total. The molecule has 0 radical (unpaired) electrons. The lowest BCUT2D eigenvalue weighted by Crippen LogP contribution is -2.26. The monoisotopic (exact) mass is 380 g/mol.